The van der Waals surface area contributed by atoms with E-state index >= 15 is 0 Å². The third-order valence-electron chi connectivity index (χ3n) is 10.4. The van der Waals surface area contributed by atoms with E-state index in [4.69, 9.17) is 4.74 Å². The van der Waals surface area contributed by atoms with Crippen LogP contribution in [0.1, 0.15) is 107 Å². The Hall–Kier alpha value is -2.63. The topological polar surface area (TPSA) is 68.6 Å². The monoisotopic (exact) mass is 532 g/mol. The number of esters is 1. The molecule has 6 rings (SSSR count). The number of fused-ring (bicyclic) bond motifs is 3. The van der Waals surface area contributed by atoms with Crippen molar-refractivity contribution >= 4 is 28.6 Å². The predicted molar refractivity (Wildman–Crippen MR) is 151 cm³/mol. The molecule has 1 aromatic heterocycles. The van der Waals surface area contributed by atoms with E-state index < -0.39 is 5.72 Å². The first kappa shape index (κ1) is 26.6. The van der Waals surface area contributed by atoms with Crippen molar-refractivity contribution in [3.63, 3.8) is 0 Å². The van der Waals surface area contributed by atoms with E-state index in [1.807, 2.05) is 47.6 Å². The summed E-state index contributed by atoms with van der Waals surface area (Å²) in [5, 5.41) is 0.955. The molecule has 4 aliphatic rings. The van der Waals surface area contributed by atoms with Crippen LogP contribution in [0.4, 0.5) is 0 Å². The SMILES string of the molecule is CCC1CCC(C(=O)N2CC[C@@H](C3CCCCC3)[C@H]2C(=O)Cc2ccc3c(c2)cc2n3C(C)(C)OC2=O)CC1. The molecule has 6 nitrogen and oxygen atoms in total. The second-order valence-corrected chi connectivity index (χ2v) is 13.2. The maximum absolute atomic E-state index is 14.1. The normalized spacial score (nSPS) is 29.0. The number of hydrogen-bond acceptors (Lipinski definition) is 4. The summed E-state index contributed by atoms with van der Waals surface area (Å²) in [5.74, 6) is 1.77. The molecule has 0 radical (unpaired) electrons. The highest BCUT2D eigenvalue weighted by Gasteiger charge is 2.46. The number of likely N-dealkylation sites (tertiary alicyclic amines) is 1. The fourth-order valence-corrected chi connectivity index (χ4v) is 8.32. The molecule has 3 fully saturated rings. The smallest absolute Gasteiger partial charge is 0.357 e. The third kappa shape index (κ3) is 4.82. The van der Waals surface area contributed by atoms with Crippen LogP contribution >= 0.6 is 0 Å². The van der Waals surface area contributed by atoms with Crippen LogP contribution in [-0.4, -0.2) is 39.7 Å². The van der Waals surface area contributed by atoms with Crippen LogP contribution < -0.4 is 0 Å². The van der Waals surface area contributed by atoms with E-state index in [1.54, 1.807) is 0 Å². The molecular formula is C33H44N2O4. The fraction of sp³-hybridized carbons (Fsp3) is 0.667. The predicted octanol–water partition coefficient (Wildman–Crippen LogP) is 6.63. The Labute approximate surface area is 232 Å². The molecule has 0 unspecified atom stereocenters. The lowest BCUT2D eigenvalue weighted by Crippen LogP contribution is -2.48. The maximum atomic E-state index is 14.1. The summed E-state index contributed by atoms with van der Waals surface area (Å²) in [5.41, 5.74) is 1.73. The van der Waals surface area contributed by atoms with Crippen molar-refractivity contribution < 1.29 is 19.1 Å². The summed E-state index contributed by atoms with van der Waals surface area (Å²) in [6.45, 7) is 6.77. The summed E-state index contributed by atoms with van der Waals surface area (Å²) in [4.78, 5) is 42.4. The highest BCUT2D eigenvalue weighted by Crippen LogP contribution is 2.42. The number of benzene rings is 1. The van der Waals surface area contributed by atoms with Gasteiger partial charge in [0.25, 0.3) is 0 Å². The van der Waals surface area contributed by atoms with Gasteiger partial charge in [-0.05, 0) is 87.5 Å². The molecule has 39 heavy (non-hydrogen) atoms. The highest BCUT2D eigenvalue weighted by molar-refractivity contribution is 5.98. The van der Waals surface area contributed by atoms with Crippen molar-refractivity contribution in [1.82, 2.24) is 9.47 Å². The third-order valence-corrected chi connectivity index (χ3v) is 10.4. The quantitative estimate of drug-likeness (QED) is 0.392. The summed E-state index contributed by atoms with van der Waals surface area (Å²) in [7, 11) is 0. The number of rotatable bonds is 6. The van der Waals surface area contributed by atoms with Crippen molar-refractivity contribution in [2.24, 2.45) is 23.7 Å². The minimum atomic E-state index is -0.723. The van der Waals surface area contributed by atoms with Gasteiger partial charge in [0.15, 0.2) is 11.5 Å². The largest absolute Gasteiger partial charge is 0.434 e. The minimum Gasteiger partial charge on any atom is -0.434 e. The molecule has 1 saturated heterocycles. The van der Waals surface area contributed by atoms with E-state index in [1.165, 1.54) is 38.5 Å². The molecule has 1 aromatic carbocycles. The lowest BCUT2D eigenvalue weighted by atomic mass is 9.75. The number of cyclic esters (lactones) is 1. The number of aromatic nitrogens is 1. The first-order valence-electron chi connectivity index (χ1n) is 15.5. The van der Waals surface area contributed by atoms with Crippen LogP contribution in [0.25, 0.3) is 10.9 Å². The van der Waals surface area contributed by atoms with Gasteiger partial charge in [0.2, 0.25) is 5.91 Å². The molecule has 0 spiro atoms. The number of nitrogens with zero attached hydrogens (tertiary/aromatic N) is 2. The Morgan fingerprint density at radius 2 is 1.72 bits per heavy atom. The molecule has 2 saturated carbocycles. The molecular weight excluding hydrogens is 488 g/mol. The zero-order valence-corrected chi connectivity index (χ0v) is 23.9. The number of hydrogen-bond donors (Lipinski definition) is 0. The summed E-state index contributed by atoms with van der Waals surface area (Å²) >= 11 is 0. The molecule has 6 heteroatoms. The summed E-state index contributed by atoms with van der Waals surface area (Å²) in [6.07, 6.45) is 12.8. The molecule has 3 heterocycles. The van der Waals surface area contributed by atoms with Gasteiger partial charge in [-0.15, -0.1) is 0 Å². The van der Waals surface area contributed by atoms with Gasteiger partial charge in [0, 0.05) is 24.3 Å². The highest BCUT2D eigenvalue weighted by atomic mass is 16.6. The summed E-state index contributed by atoms with van der Waals surface area (Å²) in [6, 6.07) is 7.64. The number of ether oxygens (including phenoxy) is 1. The Morgan fingerprint density at radius 1 is 0.974 bits per heavy atom. The van der Waals surface area contributed by atoms with Gasteiger partial charge in [0.05, 0.1) is 11.6 Å². The van der Waals surface area contributed by atoms with Crippen LogP contribution in [0.5, 0.6) is 0 Å². The van der Waals surface area contributed by atoms with Crippen molar-refractivity contribution in [3.05, 3.63) is 35.5 Å². The molecule has 2 aliphatic heterocycles. The zero-order valence-electron chi connectivity index (χ0n) is 23.9. The number of carbonyl (C=O) groups excluding carboxylic acids is 3. The van der Waals surface area contributed by atoms with Crippen LogP contribution in [-0.2, 0) is 26.5 Å². The maximum Gasteiger partial charge on any atom is 0.357 e. The molecule has 2 aliphatic carbocycles. The molecule has 210 valence electrons. The first-order valence-corrected chi connectivity index (χ1v) is 15.5. The van der Waals surface area contributed by atoms with Crippen LogP contribution in [0.3, 0.4) is 0 Å². The molecule has 2 atom stereocenters. The zero-order chi connectivity index (χ0) is 27.3. The van der Waals surface area contributed by atoms with E-state index in [9.17, 15) is 14.4 Å². The fourth-order valence-electron chi connectivity index (χ4n) is 8.32. The van der Waals surface area contributed by atoms with Crippen molar-refractivity contribution in [2.75, 3.05) is 6.54 Å². The van der Waals surface area contributed by atoms with Crippen LogP contribution in [0.2, 0.25) is 0 Å². The van der Waals surface area contributed by atoms with Crippen molar-refractivity contribution in [3.8, 4) is 0 Å². The van der Waals surface area contributed by atoms with Crippen LogP contribution in [0.15, 0.2) is 24.3 Å². The molecule has 0 bridgehead atoms. The average molecular weight is 533 g/mol. The second-order valence-electron chi connectivity index (χ2n) is 13.2. The van der Waals surface area contributed by atoms with E-state index in [0.717, 1.165) is 61.0 Å². The Kier molecular flexibility index (Phi) is 7.09. The first-order chi connectivity index (χ1) is 18.8. The van der Waals surface area contributed by atoms with Gasteiger partial charge >= 0.3 is 5.97 Å². The standard InChI is InChI=1S/C33H44N2O4/c1-4-21-10-13-24(14-11-21)31(37)34-17-16-26(23-8-6-5-7-9-23)30(34)29(36)19-22-12-15-27-25(18-22)20-28-32(38)39-33(2,3)35(27)28/h12,15,18,20-21,23-24,26,30H,4-11,13-14,16-17,19H2,1-3H3/t21?,24?,26-,30-/m0/s1. The van der Waals surface area contributed by atoms with E-state index in [0.29, 0.717) is 18.0 Å². The minimum absolute atomic E-state index is 0.0800. The number of carbonyl (C=O) groups is 3. The van der Waals surface area contributed by atoms with Crippen LogP contribution in [0, 0.1) is 23.7 Å². The van der Waals surface area contributed by atoms with Gasteiger partial charge in [-0.2, -0.15) is 0 Å². The second kappa shape index (κ2) is 10.4. The van der Waals surface area contributed by atoms with Gasteiger partial charge in [-0.25, -0.2) is 4.79 Å². The Morgan fingerprint density at radius 3 is 2.44 bits per heavy atom. The van der Waals surface area contributed by atoms with E-state index in [2.05, 4.69) is 6.92 Å². The lowest BCUT2D eigenvalue weighted by molar-refractivity contribution is -0.143. The van der Waals surface area contributed by atoms with Gasteiger partial charge in [-0.3, -0.25) is 14.2 Å². The molecule has 0 N–H and O–H groups in total. The molecule has 1 amide bonds. The average Bonchev–Trinajstić information content (AvgIpc) is 3.61. The van der Waals surface area contributed by atoms with Crippen molar-refractivity contribution in [1.29, 1.82) is 0 Å². The Bertz CT molecular complexity index is 1260. The number of ketones is 1. The Balaban J connectivity index is 1.25. The lowest BCUT2D eigenvalue weighted by Gasteiger charge is -2.36. The number of amides is 1. The number of Topliss-reactive ketones (excluding diaryl/α,β-unsaturated/α-hetero) is 1. The van der Waals surface area contributed by atoms with Crippen molar-refractivity contribution in [2.45, 2.75) is 110 Å². The van der Waals surface area contributed by atoms with Gasteiger partial charge < -0.3 is 9.64 Å². The summed E-state index contributed by atoms with van der Waals surface area (Å²) < 4.78 is 7.47. The van der Waals surface area contributed by atoms with Gasteiger partial charge in [-0.1, -0.05) is 51.5 Å². The molecule has 2 aromatic rings. The van der Waals surface area contributed by atoms with Gasteiger partial charge in [0.1, 0.15) is 5.69 Å². The van der Waals surface area contributed by atoms with E-state index in [-0.39, 0.29) is 35.5 Å².